The first-order valence-corrected chi connectivity index (χ1v) is 4.67. The zero-order chi connectivity index (χ0) is 9.03. The Balaban J connectivity index is 2.37. The highest BCUT2D eigenvalue weighted by atomic mass is 16.5. The minimum absolute atomic E-state index is 0.180. The van der Waals surface area contributed by atoms with E-state index in [9.17, 15) is 0 Å². The van der Waals surface area contributed by atoms with Crippen molar-refractivity contribution < 1.29 is 4.74 Å². The van der Waals surface area contributed by atoms with Crippen LogP contribution in [0.2, 0.25) is 0 Å². The Kier molecular flexibility index (Phi) is 3.29. The first-order chi connectivity index (χ1) is 5.69. The number of ether oxygens (including phenoxy) is 1. The molecule has 0 aromatic heterocycles. The maximum atomic E-state index is 5.51. The van der Waals surface area contributed by atoms with E-state index in [2.05, 4.69) is 31.3 Å². The standard InChI is InChI=1S/C10H19NO/c1-4-5-7-11-10(3)6-8-12-9(10)2/h4-5,9,11H,6-8H2,1-3H3/b5-4+. The van der Waals surface area contributed by atoms with Gasteiger partial charge in [0.05, 0.1) is 6.10 Å². The van der Waals surface area contributed by atoms with Gasteiger partial charge in [-0.2, -0.15) is 0 Å². The Labute approximate surface area is 75.0 Å². The molecular weight excluding hydrogens is 150 g/mol. The van der Waals surface area contributed by atoms with Gasteiger partial charge in [0.15, 0.2) is 0 Å². The van der Waals surface area contributed by atoms with Gasteiger partial charge in [0.2, 0.25) is 0 Å². The number of nitrogens with one attached hydrogen (secondary N) is 1. The molecule has 0 amide bonds. The molecule has 0 aliphatic carbocycles. The van der Waals surface area contributed by atoms with Gasteiger partial charge in [0.25, 0.3) is 0 Å². The van der Waals surface area contributed by atoms with Gasteiger partial charge >= 0.3 is 0 Å². The molecule has 0 aromatic carbocycles. The summed E-state index contributed by atoms with van der Waals surface area (Å²) in [6, 6.07) is 0. The molecule has 70 valence electrons. The lowest BCUT2D eigenvalue weighted by molar-refractivity contribution is 0.0900. The van der Waals surface area contributed by atoms with Crippen molar-refractivity contribution in [3.63, 3.8) is 0 Å². The van der Waals surface area contributed by atoms with Crippen molar-refractivity contribution in [2.24, 2.45) is 0 Å². The third-order valence-corrected chi connectivity index (χ3v) is 2.75. The molecule has 1 aliphatic rings. The summed E-state index contributed by atoms with van der Waals surface area (Å²) in [6.45, 7) is 8.24. The predicted molar refractivity (Wildman–Crippen MR) is 51.3 cm³/mol. The van der Waals surface area contributed by atoms with Crippen LogP contribution in [0.1, 0.15) is 27.2 Å². The summed E-state index contributed by atoms with van der Waals surface area (Å²) < 4.78 is 5.51. The van der Waals surface area contributed by atoms with Crippen LogP contribution in [0.25, 0.3) is 0 Å². The smallest absolute Gasteiger partial charge is 0.0726 e. The molecule has 0 radical (unpaired) electrons. The number of rotatable bonds is 3. The fourth-order valence-electron chi connectivity index (χ4n) is 1.48. The van der Waals surface area contributed by atoms with E-state index in [1.54, 1.807) is 0 Å². The number of hydrogen-bond acceptors (Lipinski definition) is 2. The summed E-state index contributed by atoms with van der Waals surface area (Å²) in [5.74, 6) is 0. The molecule has 0 saturated carbocycles. The van der Waals surface area contributed by atoms with Crippen molar-refractivity contribution in [2.45, 2.75) is 38.8 Å². The monoisotopic (exact) mass is 169 g/mol. The van der Waals surface area contributed by atoms with E-state index < -0.39 is 0 Å². The van der Waals surface area contributed by atoms with Gasteiger partial charge < -0.3 is 10.1 Å². The summed E-state index contributed by atoms with van der Waals surface area (Å²) in [4.78, 5) is 0. The van der Waals surface area contributed by atoms with Crippen molar-refractivity contribution >= 4 is 0 Å². The molecule has 0 aromatic rings. The molecule has 2 atom stereocenters. The molecule has 1 heterocycles. The first-order valence-electron chi connectivity index (χ1n) is 4.67. The van der Waals surface area contributed by atoms with Gasteiger partial charge in [-0.05, 0) is 27.2 Å². The van der Waals surface area contributed by atoms with Gasteiger partial charge in [-0.25, -0.2) is 0 Å². The maximum Gasteiger partial charge on any atom is 0.0726 e. The Bertz CT molecular complexity index is 167. The summed E-state index contributed by atoms with van der Waals surface area (Å²) >= 11 is 0. The Hall–Kier alpha value is -0.340. The topological polar surface area (TPSA) is 21.3 Å². The van der Waals surface area contributed by atoms with Gasteiger partial charge in [-0.3, -0.25) is 0 Å². The highest BCUT2D eigenvalue weighted by Crippen LogP contribution is 2.24. The van der Waals surface area contributed by atoms with Crippen LogP contribution in [0, 0.1) is 0 Å². The van der Waals surface area contributed by atoms with Gasteiger partial charge in [-0.15, -0.1) is 0 Å². The van der Waals surface area contributed by atoms with Gasteiger partial charge in [-0.1, -0.05) is 12.2 Å². The molecule has 1 rings (SSSR count). The van der Waals surface area contributed by atoms with E-state index in [0.29, 0.717) is 6.10 Å². The molecule has 2 nitrogen and oxygen atoms in total. The van der Waals surface area contributed by atoms with Crippen molar-refractivity contribution in [2.75, 3.05) is 13.2 Å². The molecule has 2 heteroatoms. The number of hydrogen-bond donors (Lipinski definition) is 1. The average Bonchev–Trinajstić information content (AvgIpc) is 2.34. The molecule has 12 heavy (non-hydrogen) atoms. The lowest BCUT2D eigenvalue weighted by Gasteiger charge is -2.28. The molecule has 1 aliphatic heterocycles. The third-order valence-electron chi connectivity index (χ3n) is 2.75. The lowest BCUT2D eigenvalue weighted by Crippen LogP contribution is -2.47. The fourth-order valence-corrected chi connectivity index (χ4v) is 1.48. The Morgan fingerprint density at radius 1 is 1.67 bits per heavy atom. The molecule has 1 fully saturated rings. The molecular formula is C10H19NO. The van der Waals surface area contributed by atoms with E-state index in [1.807, 2.05) is 6.92 Å². The first kappa shape index (κ1) is 9.75. The minimum Gasteiger partial charge on any atom is -0.377 e. The number of allylic oxidation sites excluding steroid dienone is 1. The quantitative estimate of drug-likeness (QED) is 0.649. The maximum absolute atomic E-state index is 5.51. The van der Waals surface area contributed by atoms with Gasteiger partial charge in [0, 0.05) is 18.7 Å². The van der Waals surface area contributed by atoms with Crippen molar-refractivity contribution in [3.05, 3.63) is 12.2 Å². The second kappa shape index (κ2) is 4.06. The Morgan fingerprint density at radius 2 is 2.42 bits per heavy atom. The summed E-state index contributed by atoms with van der Waals surface area (Å²) in [5, 5.41) is 3.50. The molecule has 1 N–H and O–H groups in total. The van der Waals surface area contributed by atoms with E-state index in [4.69, 9.17) is 4.74 Å². The van der Waals surface area contributed by atoms with Gasteiger partial charge in [0.1, 0.15) is 0 Å². The summed E-state index contributed by atoms with van der Waals surface area (Å²) in [5.41, 5.74) is 0.180. The summed E-state index contributed by atoms with van der Waals surface area (Å²) in [7, 11) is 0. The molecule has 1 saturated heterocycles. The normalized spacial score (nSPS) is 36.4. The highest BCUT2D eigenvalue weighted by molar-refractivity contribution is 4.95. The average molecular weight is 169 g/mol. The van der Waals surface area contributed by atoms with Crippen LogP contribution >= 0.6 is 0 Å². The predicted octanol–water partition coefficient (Wildman–Crippen LogP) is 1.72. The van der Waals surface area contributed by atoms with Crippen LogP contribution < -0.4 is 5.32 Å². The zero-order valence-electron chi connectivity index (χ0n) is 8.26. The van der Waals surface area contributed by atoms with Crippen molar-refractivity contribution in [1.82, 2.24) is 5.32 Å². The minimum atomic E-state index is 0.180. The molecule has 0 spiro atoms. The van der Waals surface area contributed by atoms with Crippen LogP contribution in [0.5, 0.6) is 0 Å². The largest absolute Gasteiger partial charge is 0.377 e. The Morgan fingerprint density at radius 3 is 2.92 bits per heavy atom. The second-order valence-electron chi connectivity index (χ2n) is 3.63. The van der Waals surface area contributed by atoms with E-state index in [-0.39, 0.29) is 5.54 Å². The molecule has 0 bridgehead atoms. The van der Waals surface area contributed by atoms with Crippen LogP contribution in [0.15, 0.2) is 12.2 Å². The fraction of sp³-hybridized carbons (Fsp3) is 0.800. The van der Waals surface area contributed by atoms with Crippen molar-refractivity contribution in [3.8, 4) is 0 Å². The van der Waals surface area contributed by atoms with Crippen LogP contribution in [-0.2, 0) is 4.74 Å². The third kappa shape index (κ3) is 2.08. The lowest BCUT2D eigenvalue weighted by atomic mass is 9.95. The van der Waals surface area contributed by atoms with E-state index in [0.717, 1.165) is 19.6 Å². The highest BCUT2D eigenvalue weighted by Gasteiger charge is 2.35. The zero-order valence-corrected chi connectivity index (χ0v) is 8.26. The van der Waals surface area contributed by atoms with Crippen LogP contribution in [0.3, 0.4) is 0 Å². The molecule has 2 unspecified atom stereocenters. The van der Waals surface area contributed by atoms with Crippen LogP contribution in [0.4, 0.5) is 0 Å². The second-order valence-corrected chi connectivity index (χ2v) is 3.63. The summed E-state index contributed by atoms with van der Waals surface area (Å²) in [6.07, 6.45) is 5.65. The van der Waals surface area contributed by atoms with E-state index >= 15 is 0 Å². The van der Waals surface area contributed by atoms with E-state index in [1.165, 1.54) is 0 Å². The van der Waals surface area contributed by atoms with Crippen molar-refractivity contribution in [1.29, 1.82) is 0 Å². The SMILES string of the molecule is C/C=C/CNC1(C)CCOC1C. The van der Waals surface area contributed by atoms with Crippen LogP contribution in [-0.4, -0.2) is 24.8 Å².